The lowest BCUT2D eigenvalue weighted by Crippen LogP contribution is -1.96. The molecule has 0 fully saturated rings. The van der Waals surface area contributed by atoms with Crippen LogP contribution in [0.5, 0.6) is 0 Å². The normalized spacial score (nSPS) is 9.50. The summed E-state index contributed by atoms with van der Waals surface area (Å²) in [5.41, 5.74) is 1.10. The molecule has 0 aliphatic heterocycles. The SMILES string of the molecule is CCCCn1cc(CCl)cn1.Cl. The van der Waals surface area contributed by atoms with Crippen molar-refractivity contribution in [2.24, 2.45) is 0 Å². The molecule has 4 heteroatoms. The number of halogens is 2. The summed E-state index contributed by atoms with van der Waals surface area (Å²) >= 11 is 5.62. The second-order valence-corrected chi connectivity index (χ2v) is 2.87. The number of rotatable bonds is 4. The summed E-state index contributed by atoms with van der Waals surface area (Å²) in [4.78, 5) is 0. The van der Waals surface area contributed by atoms with Gasteiger partial charge in [-0.15, -0.1) is 24.0 Å². The zero-order valence-electron chi connectivity index (χ0n) is 7.16. The molecule has 0 saturated heterocycles. The summed E-state index contributed by atoms with van der Waals surface area (Å²) in [5, 5.41) is 4.16. The predicted molar refractivity (Wildman–Crippen MR) is 53.9 cm³/mol. The molecule has 0 spiro atoms. The Morgan fingerprint density at radius 1 is 1.58 bits per heavy atom. The standard InChI is InChI=1S/C8H13ClN2.ClH/c1-2-3-4-11-7-8(5-9)6-10-11;/h6-7H,2-5H2,1H3;1H. The van der Waals surface area contributed by atoms with Gasteiger partial charge >= 0.3 is 0 Å². The molecule has 70 valence electrons. The predicted octanol–water partition coefficient (Wildman–Crippen LogP) is 2.84. The average molecular weight is 209 g/mol. The van der Waals surface area contributed by atoms with Gasteiger partial charge in [0.2, 0.25) is 0 Å². The van der Waals surface area contributed by atoms with Gasteiger partial charge in [-0.2, -0.15) is 5.10 Å². The number of aromatic nitrogens is 2. The zero-order chi connectivity index (χ0) is 8.10. The molecule has 0 amide bonds. The molecule has 12 heavy (non-hydrogen) atoms. The lowest BCUT2D eigenvalue weighted by molar-refractivity contribution is 0.571. The van der Waals surface area contributed by atoms with Crippen LogP contribution in [0.3, 0.4) is 0 Å². The summed E-state index contributed by atoms with van der Waals surface area (Å²) < 4.78 is 1.95. The van der Waals surface area contributed by atoms with Crippen molar-refractivity contribution in [2.75, 3.05) is 0 Å². The topological polar surface area (TPSA) is 17.8 Å². The Balaban J connectivity index is 0.00000121. The van der Waals surface area contributed by atoms with E-state index in [9.17, 15) is 0 Å². The molecule has 0 atom stereocenters. The van der Waals surface area contributed by atoms with Crippen LogP contribution < -0.4 is 0 Å². The highest BCUT2D eigenvalue weighted by molar-refractivity contribution is 6.17. The van der Waals surface area contributed by atoms with Gasteiger partial charge in [0.15, 0.2) is 0 Å². The van der Waals surface area contributed by atoms with E-state index in [0.717, 1.165) is 12.1 Å². The van der Waals surface area contributed by atoms with E-state index in [1.54, 1.807) is 0 Å². The highest BCUT2D eigenvalue weighted by Gasteiger charge is 1.94. The Morgan fingerprint density at radius 2 is 2.33 bits per heavy atom. The summed E-state index contributed by atoms with van der Waals surface area (Å²) in [6.07, 6.45) is 6.21. The zero-order valence-corrected chi connectivity index (χ0v) is 8.74. The molecule has 0 radical (unpaired) electrons. The van der Waals surface area contributed by atoms with Crippen molar-refractivity contribution in [3.8, 4) is 0 Å². The first-order chi connectivity index (χ1) is 5.36. The van der Waals surface area contributed by atoms with Crippen molar-refractivity contribution in [3.63, 3.8) is 0 Å². The lowest BCUT2D eigenvalue weighted by Gasteiger charge is -1.96. The number of nitrogens with zero attached hydrogens (tertiary/aromatic N) is 2. The van der Waals surface area contributed by atoms with Crippen LogP contribution in [0.1, 0.15) is 25.3 Å². The number of unbranched alkanes of at least 4 members (excludes halogenated alkanes) is 1. The van der Waals surface area contributed by atoms with Gasteiger partial charge in [0.1, 0.15) is 0 Å². The van der Waals surface area contributed by atoms with Gasteiger partial charge in [0, 0.05) is 18.3 Å². The largest absolute Gasteiger partial charge is 0.272 e. The molecule has 0 aliphatic carbocycles. The molecule has 0 aromatic carbocycles. The van der Waals surface area contributed by atoms with Crippen molar-refractivity contribution in [3.05, 3.63) is 18.0 Å². The van der Waals surface area contributed by atoms with Crippen molar-refractivity contribution >= 4 is 24.0 Å². The molecular formula is C8H14Cl2N2. The lowest BCUT2D eigenvalue weighted by atomic mass is 10.3. The maximum absolute atomic E-state index is 5.62. The minimum atomic E-state index is 0. The Morgan fingerprint density at radius 3 is 2.83 bits per heavy atom. The Labute approximate surface area is 84.3 Å². The van der Waals surface area contributed by atoms with Gasteiger partial charge in [-0.05, 0) is 6.42 Å². The van der Waals surface area contributed by atoms with E-state index in [1.165, 1.54) is 12.8 Å². The Hall–Kier alpha value is -0.210. The number of alkyl halides is 1. The number of hydrogen-bond acceptors (Lipinski definition) is 1. The van der Waals surface area contributed by atoms with Crippen LogP contribution in [0.25, 0.3) is 0 Å². The summed E-state index contributed by atoms with van der Waals surface area (Å²) in [7, 11) is 0. The Kier molecular flexibility index (Phi) is 6.21. The molecule has 0 N–H and O–H groups in total. The monoisotopic (exact) mass is 208 g/mol. The molecule has 1 heterocycles. The maximum Gasteiger partial charge on any atom is 0.0533 e. The van der Waals surface area contributed by atoms with Crippen molar-refractivity contribution in [1.82, 2.24) is 9.78 Å². The first kappa shape index (κ1) is 11.8. The van der Waals surface area contributed by atoms with Crippen LogP contribution in [-0.4, -0.2) is 9.78 Å². The van der Waals surface area contributed by atoms with Crippen molar-refractivity contribution in [1.29, 1.82) is 0 Å². The van der Waals surface area contributed by atoms with Crippen LogP contribution in [0.2, 0.25) is 0 Å². The van der Waals surface area contributed by atoms with Gasteiger partial charge in [0.25, 0.3) is 0 Å². The Bertz CT molecular complexity index is 211. The molecule has 2 nitrogen and oxygen atoms in total. The summed E-state index contributed by atoms with van der Waals surface area (Å²) in [6, 6.07) is 0. The molecular weight excluding hydrogens is 195 g/mol. The third-order valence-corrected chi connectivity index (χ3v) is 1.89. The van der Waals surface area contributed by atoms with Crippen LogP contribution in [0.4, 0.5) is 0 Å². The van der Waals surface area contributed by atoms with E-state index < -0.39 is 0 Å². The van der Waals surface area contributed by atoms with Crippen LogP contribution in [0, 0.1) is 0 Å². The fourth-order valence-corrected chi connectivity index (χ4v) is 1.06. The van der Waals surface area contributed by atoms with Gasteiger partial charge in [-0.3, -0.25) is 4.68 Å². The third-order valence-electron chi connectivity index (χ3n) is 1.58. The minimum absolute atomic E-state index is 0. The minimum Gasteiger partial charge on any atom is -0.272 e. The molecule has 1 aromatic rings. The van der Waals surface area contributed by atoms with Crippen LogP contribution in [-0.2, 0) is 12.4 Å². The molecule has 0 unspecified atom stereocenters. The van der Waals surface area contributed by atoms with Gasteiger partial charge < -0.3 is 0 Å². The van der Waals surface area contributed by atoms with Gasteiger partial charge in [0.05, 0.1) is 12.1 Å². The highest BCUT2D eigenvalue weighted by Crippen LogP contribution is 2.02. The van der Waals surface area contributed by atoms with Crippen LogP contribution >= 0.6 is 24.0 Å². The number of aryl methyl sites for hydroxylation is 1. The van der Waals surface area contributed by atoms with E-state index in [2.05, 4.69) is 12.0 Å². The van der Waals surface area contributed by atoms with Gasteiger partial charge in [-0.1, -0.05) is 13.3 Å². The maximum atomic E-state index is 5.62. The average Bonchev–Trinajstić information content (AvgIpc) is 2.48. The molecule has 1 aromatic heterocycles. The molecule has 0 saturated carbocycles. The van der Waals surface area contributed by atoms with E-state index >= 15 is 0 Å². The fourth-order valence-electron chi connectivity index (χ4n) is 0.918. The third kappa shape index (κ3) is 3.46. The quantitative estimate of drug-likeness (QED) is 0.697. The van der Waals surface area contributed by atoms with E-state index in [1.807, 2.05) is 17.1 Å². The number of hydrogen-bond donors (Lipinski definition) is 0. The summed E-state index contributed by atoms with van der Waals surface area (Å²) in [6.45, 7) is 3.18. The van der Waals surface area contributed by atoms with E-state index in [0.29, 0.717) is 5.88 Å². The molecule has 0 aliphatic rings. The first-order valence-corrected chi connectivity index (χ1v) is 4.47. The van der Waals surface area contributed by atoms with E-state index in [-0.39, 0.29) is 12.4 Å². The second-order valence-electron chi connectivity index (χ2n) is 2.60. The molecule has 1 rings (SSSR count). The van der Waals surface area contributed by atoms with Crippen molar-refractivity contribution in [2.45, 2.75) is 32.2 Å². The van der Waals surface area contributed by atoms with Crippen LogP contribution in [0.15, 0.2) is 12.4 Å². The highest BCUT2D eigenvalue weighted by atomic mass is 35.5. The summed E-state index contributed by atoms with van der Waals surface area (Å²) in [5.74, 6) is 0.562. The second kappa shape index (κ2) is 6.32. The first-order valence-electron chi connectivity index (χ1n) is 3.94. The molecule has 0 bridgehead atoms. The smallest absolute Gasteiger partial charge is 0.0533 e. The van der Waals surface area contributed by atoms with E-state index in [4.69, 9.17) is 11.6 Å². The van der Waals surface area contributed by atoms with Gasteiger partial charge in [-0.25, -0.2) is 0 Å². The van der Waals surface area contributed by atoms with Crippen molar-refractivity contribution < 1.29 is 0 Å². The fraction of sp³-hybridized carbons (Fsp3) is 0.625.